The maximum atomic E-state index is 13.2. The number of halogens is 1. The minimum absolute atomic E-state index is 0.0285. The Hall–Kier alpha value is -3.64. The van der Waals surface area contributed by atoms with E-state index in [4.69, 9.17) is 11.6 Å². The van der Waals surface area contributed by atoms with Gasteiger partial charge >= 0.3 is 0 Å². The molecular weight excluding hydrogens is 438 g/mol. The molecule has 0 spiro atoms. The van der Waals surface area contributed by atoms with E-state index in [0.29, 0.717) is 47.5 Å². The summed E-state index contributed by atoms with van der Waals surface area (Å²) < 4.78 is 1.92. The number of carbonyl (C=O) groups excluding carboxylic acids is 2. The Labute approximate surface area is 195 Å². The van der Waals surface area contributed by atoms with Crippen molar-refractivity contribution >= 4 is 45.2 Å². The zero-order valence-corrected chi connectivity index (χ0v) is 18.7. The minimum Gasteiger partial charge on any atom is -0.338 e. The molecule has 5 rings (SSSR count). The first kappa shape index (κ1) is 21.2. The highest BCUT2D eigenvalue weighted by Gasteiger charge is 2.25. The molecule has 166 valence electrons. The van der Waals surface area contributed by atoms with E-state index in [1.54, 1.807) is 46.2 Å². The number of nitrogens with zero attached hydrogens (tertiary/aromatic N) is 3. The topological polar surface area (TPSA) is 62.6 Å². The van der Waals surface area contributed by atoms with E-state index in [1.165, 1.54) is 0 Å². The van der Waals surface area contributed by atoms with E-state index in [-0.39, 0.29) is 23.8 Å². The van der Waals surface area contributed by atoms with Gasteiger partial charge in [-0.3, -0.25) is 14.4 Å². The molecule has 0 radical (unpaired) electrons. The molecule has 0 aliphatic carbocycles. The van der Waals surface area contributed by atoms with Crippen LogP contribution in [0.1, 0.15) is 10.4 Å². The van der Waals surface area contributed by atoms with Crippen molar-refractivity contribution in [2.45, 2.75) is 6.54 Å². The summed E-state index contributed by atoms with van der Waals surface area (Å²) >= 11 is 5.92. The van der Waals surface area contributed by atoms with Gasteiger partial charge in [0.05, 0.1) is 11.0 Å². The molecular formula is C26H22ClN3O3. The molecule has 6 nitrogen and oxygen atoms in total. The van der Waals surface area contributed by atoms with Crippen LogP contribution in [0.3, 0.4) is 0 Å². The lowest BCUT2D eigenvalue weighted by atomic mass is 10.1. The van der Waals surface area contributed by atoms with Crippen LogP contribution in [0.15, 0.2) is 77.6 Å². The SMILES string of the molecule is O=C(Cn1c2ccccc2c(=O)c2ccccc21)N1CCN(C(=O)c2ccc(Cl)cc2)CC1. The third kappa shape index (κ3) is 3.98. The van der Waals surface area contributed by atoms with Crippen molar-refractivity contribution in [3.05, 3.63) is 93.6 Å². The molecule has 1 saturated heterocycles. The molecule has 7 heteroatoms. The van der Waals surface area contributed by atoms with E-state index in [0.717, 1.165) is 11.0 Å². The largest absolute Gasteiger partial charge is 0.338 e. The molecule has 4 aromatic rings. The Morgan fingerprint density at radius 1 is 0.727 bits per heavy atom. The van der Waals surface area contributed by atoms with Gasteiger partial charge in [-0.1, -0.05) is 35.9 Å². The van der Waals surface area contributed by atoms with Gasteiger partial charge < -0.3 is 14.4 Å². The van der Waals surface area contributed by atoms with Crippen molar-refractivity contribution in [2.75, 3.05) is 26.2 Å². The van der Waals surface area contributed by atoms with E-state index < -0.39 is 0 Å². The first-order chi connectivity index (χ1) is 16.0. The maximum Gasteiger partial charge on any atom is 0.253 e. The molecule has 2 heterocycles. The predicted octanol–water partition coefficient (Wildman–Crippen LogP) is 3.79. The molecule has 0 unspecified atom stereocenters. The average Bonchev–Trinajstić information content (AvgIpc) is 2.86. The number of aromatic nitrogens is 1. The van der Waals surface area contributed by atoms with Gasteiger partial charge in [-0.2, -0.15) is 0 Å². The van der Waals surface area contributed by atoms with Gasteiger partial charge in [0.15, 0.2) is 5.43 Å². The number of amides is 2. The Morgan fingerprint density at radius 2 is 1.24 bits per heavy atom. The quantitative estimate of drug-likeness (QED) is 0.438. The van der Waals surface area contributed by atoms with Crippen LogP contribution in [-0.4, -0.2) is 52.4 Å². The normalized spacial score (nSPS) is 14.1. The zero-order valence-electron chi connectivity index (χ0n) is 17.9. The number of hydrogen-bond acceptors (Lipinski definition) is 3. The first-order valence-electron chi connectivity index (χ1n) is 10.9. The van der Waals surface area contributed by atoms with Crippen molar-refractivity contribution in [1.82, 2.24) is 14.4 Å². The van der Waals surface area contributed by atoms with Crippen LogP contribution in [0, 0.1) is 0 Å². The predicted molar refractivity (Wildman–Crippen MR) is 130 cm³/mol. The lowest BCUT2D eigenvalue weighted by Gasteiger charge is -2.35. The van der Waals surface area contributed by atoms with Crippen molar-refractivity contribution < 1.29 is 9.59 Å². The summed E-state index contributed by atoms with van der Waals surface area (Å²) in [7, 11) is 0. The van der Waals surface area contributed by atoms with Crippen molar-refractivity contribution in [3.63, 3.8) is 0 Å². The van der Waals surface area contributed by atoms with Gasteiger partial charge in [0.2, 0.25) is 5.91 Å². The van der Waals surface area contributed by atoms with E-state index in [9.17, 15) is 14.4 Å². The molecule has 33 heavy (non-hydrogen) atoms. The van der Waals surface area contributed by atoms with Gasteiger partial charge in [0.25, 0.3) is 5.91 Å². The molecule has 1 fully saturated rings. The molecule has 0 bridgehead atoms. The van der Waals surface area contributed by atoms with Crippen LogP contribution in [0.5, 0.6) is 0 Å². The molecule has 0 saturated carbocycles. The second kappa shape index (κ2) is 8.71. The highest BCUT2D eigenvalue weighted by molar-refractivity contribution is 6.30. The molecule has 2 amide bonds. The Bertz CT molecular complexity index is 1360. The minimum atomic E-state index is -0.0591. The van der Waals surface area contributed by atoms with Gasteiger partial charge in [-0.15, -0.1) is 0 Å². The average molecular weight is 460 g/mol. The van der Waals surface area contributed by atoms with E-state index in [1.807, 2.05) is 41.0 Å². The van der Waals surface area contributed by atoms with Gasteiger partial charge in [-0.05, 0) is 48.5 Å². The fourth-order valence-corrected chi connectivity index (χ4v) is 4.54. The highest BCUT2D eigenvalue weighted by atomic mass is 35.5. The van der Waals surface area contributed by atoms with Crippen molar-refractivity contribution in [3.8, 4) is 0 Å². The summed E-state index contributed by atoms with van der Waals surface area (Å²) in [6.45, 7) is 2.01. The summed E-state index contributed by atoms with van der Waals surface area (Å²) in [4.78, 5) is 42.4. The van der Waals surface area contributed by atoms with Crippen LogP contribution in [-0.2, 0) is 11.3 Å². The van der Waals surface area contributed by atoms with Crippen LogP contribution in [0.4, 0.5) is 0 Å². The van der Waals surface area contributed by atoms with Crippen LogP contribution < -0.4 is 5.43 Å². The molecule has 1 aliphatic heterocycles. The number of carbonyl (C=O) groups is 2. The van der Waals surface area contributed by atoms with Crippen molar-refractivity contribution in [1.29, 1.82) is 0 Å². The molecule has 0 N–H and O–H groups in total. The standard InChI is InChI=1S/C26H22ClN3O3/c27-19-11-9-18(10-12-19)26(33)29-15-13-28(14-16-29)24(31)17-30-22-7-3-1-5-20(22)25(32)21-6-2-4-8-23(21)30/h1-12H,13-17H2. The smallest absolute Gasteiger partial charge is 0.253 e. The lowest BCUT2D eigenvalue weighted by molar-refractivity contribution is -0.133. The highest BCUT2D eigenvalue weighted by Crippen LogP contribution is 2.20. The van der Waals surface area contributed by atoms with Gasteiger partial charge in [0, 0.05) is 47.5 Å². The third-order valence-electron chi connectivity index (χ3n) is 6.18. The number of rotatable bonds is 3. The maximum absolute atomic E-state index is 13.2. The number of para-hydroxylation sites is 2. The Balaban J connectivity index is 1.36. The lowest BCUT2D eigenvalue weighted by Crippen LogP contribution is -2.51. The summed E-state index contributed by atoms with van der Waals surface area (Å²) in [5, 5.41) is 1.79. The first-order valence-corrected chi connectivity index (χ1v) is 11.2. The number of fused-ring (bicyclic) bond motifs is 2. The summed E-state index contributed by atoms with van der Waals surface area (Å²) in [5.41, 5.74) is 2.04. The van der Waals surface area contributed by atoms with Crippen LogP contribution in [0.2, 0.25) is 5.02 Å². The number of benzene rings is 3. The fraction of sp³-hybridized carbons (Fsp3) is 0.192. The summed E-state index contributed by atoms with van der Waals surface area (Å²) in [6.07, 6.45) is 0. The fourth-order valence-electron chi connectivity index (χ4n) is 4.42. The number of hydrogen-bond donors (Lipinski definition) is 0. The Morgan fingerprint density at radius 3 is 1.82 bits per heavy atom. The number of piperazine rings is 1. The molecule has 1 aromatic heterocycles. The molecule has 1 aliphatic rings. The third-order valence-corrected chi connectivity index (χ3v) is 6.44. The van der Waals surface area contributed by atoms with Gasteiger partial charge in [0.1, 0.15) is 6.54 Å². The van der Waals surface area contributed by atoms with E-state index >= 15 is 0 Å². The molecule has 0 atom stereocenters. The monoisotopic (exact) mass is 459 g/mol. The second-order valence-electron chi connectivity index (χ2n) is 8.13. The van der Waals surface area contributed by atoms with Crippen molar-refractivity contribution in [2.24, 2.45) is 0 Å². The van der Waals surface area contributed by atoms with Crippen LogP contribution >= 0.6 is 11.6 Å². The molecule has 3 aromatic carbocycles. The zero-order chi connectivity index (χ0) is 22.9. The summed E-state index contributed by atoms with van der Waals surface area (Å²) in [5.74, 6) is -0.0938. The second-order valence-corrected chi connectivity index (χ2v) is 8.57. The Kier molecular flexibility index (Phi) is 5.60. The van der Waals surface area contributed by atoms with Gasteiger partial charge in [-0.25, -0.2) is 0 Å². The van der Waals surface area contributed by atoms with E-state index in [2.05, 4.69) is 0 Å². The van der Waals surface area contributed by atoms with Crippen LogP contribution in [0.25, 0.3) is 21.8 Å². The number of pyridine rings is 1. The summed E-state index contributed by atoms with van der Waals surface area (Å²) in [6, 6.07) is 21.6.